The van der Waals surface area contributed by atoms with E-state index < -0.39 is 23.0 Å². The number of carbonyl (C=O) groups is 1. The molecule has 0 fully saturated rings. The van der Waals surface area contributed by atoms with Crippen molar-refractivity contribution in [2.24, 2.45) is 0 Å². The lowest BCUT2D eigenvalue weighted by Gasteiger charge is -2.33. The summed E-state index contributed by atoms with van der Waals surface area (Å²) >= 11 is 1.28. The number of thioether (sulfide) groups is 1. The van der Waals surface area contributed by atoms with Crippen LogP contribution in [-0.4, -0.2) is 24.3 Å². The molecule has 1 atom stereocenters. The molecule has 3 rings (SSSR count). The van der Waals surface area contributed by atoms with Crippen molar-refractivity contribution >= 4 is 28.6 Å². The van der Waals surface area contributed by atoms with Gasteiger partial charge >= 0.3 is 5.97 Å². The summed E-state index contributed by atoms with van der Waals surface area (Å²) in [6, 6.07) is 0.793. The number of esters is 1. The maximum atomic E-state index is 14.0. The van der Waals surface area contributed by atoms with Gasteiger partial charge in [0.25, 0.3) is 0 Å². The number of halogens is 2. The largest absolute Gasteiger partial charge is 0.491 e. The van der Waals surface area contributed by atoms with Crippen molar-refractivity contribution in [3.05, 3.63) is 33.5 Å². The third kappa shape index (κ3) is 2.12. The van der Waals surface area contributed by atoms with Gasteiger partial charge in [-0.25, -0.2) is 9.18 Å². The number of carbonyl (C=O) groups excluding carboxylic acids is 1. The van der Waals surface area contributed by atoms with Gasteiger partial charge in [0.1, 0.15) is 5.56 Å². The van der Waals surface area contributed by atoms with Crippen LogP contribution in [0.15, 0.2) is 15.9 Å². The van der Waals surface area contributed by atoms with E-state index in [2.05, 4.69) is 0 Å². The molecule has 122 valence electrons. The van der Waals surface area contributed by atoms with Crippen molar-refractivity contribution in [3.8, 4) is 5.75 Å². The maximum Gasteiger partial charge on any atom is 0.344 e. The Labute approximate surface area is 134 Å². The van der Waals surface area contributed by atoms with Gasteiger partial charge in [-0.1, -0.05) is 11.8 Å². The topological polar surface area (TPSA) is 57.5 Å². The normalized spacial score (nSPS) is 16.0. The second-order valence-electron chi connectivity index (χ2n) is 4.92. The molecule has 5 nitrogen and oxygen atoms in total. The van der Waals surface area contributed by atoms with Gasteiger partial charge in [0.05, 0.1) is 35.0 Å². The second kappa shape index (κ2) is 5.52. The Kier molecular flexibility index (Phi) is 3.79. The first-order valence-corrected chi connectivity index (χ1v) is 7.78. The quantitative estimate of drug-likeness (QED) is 0.803. The zero-order valence-corrected chi connectivity index (χ0v) is 13.4. The number of hydrogen-bond acceptors (Lipinski definition) is 5. The van der Waals surface area contributed by atoms with Crippen LogP contribution in [0.3, 0.4) is 0 Å². The minimum Gasteiger partial charge on any atom is -0.491 e. The highest BCUT2D eigenvalue weighted by Gasteiger charge is 2.35. The van der Waals surface area contributed by atoms with Gasteiger partial charge in [-0.05, 0) is 19.9 Å². The van der Waals surface area contributed by atoms with Crippen molar-refractivity contribution in [1.82, 2.24) is 4.57 Å². The van der Waals surface area contributed by atoms with E-state index in [1.54, 1.807) is 11.5 Å². The molecule has 8 heteroatoms. The van der Waals surface area contributed by atoms with Crippen LogP contribution in [0.4, 0.5) is 8.78 Å². The number of rotatable bonds is 3. The summed E-state index contributed by atoms with van der Waals surface area (Å²) in [5.74, 6) is -3.49. The van der Waals surface area contributed by atoms with E-state index in [-0.39, 0.29) is 34.2 Å². The van der Waals surface area contributed by atoms with Crippen LogP contribution >= 0.6 is 11.8 Å². The van der Waals surface area contributed by atoms with Crippen LogP contribution in [0.25, 0.3) is 10.9 Å². The third-order valence-electron chi connectivity index (χ3n) is 3.63. The summed E-state index contributed by atoms with van der Waals surface area (Å²) in [4.78, 5) is 24.7. The summed E-state index contributed by atoms with van der Waals surface area (Å²) in [5, 5.41) is 0.109. The van der Waals surface area contributed by atoms with Gasteiger partial charge in [0, 0.05) is 0 Å². The fraction of sp³-hybridized carbons (Fsp3) is 0.333. The summed E-state index contributed by atoms with van der Waals surface area (Å²) in [6.45, 7) is 3.55. The Hall–Kier alpha value is -2.09. The molecule has 0 saturated heterocycles. The van der Waals surface area contributed by atoms with Gasteiger partial charge in [-0.3, -0.25) is 4.79 Å². The first kappa shape index (κ1) is 15.8. The highest BCUT2D eigenvalue weighted by Crippen LogP contribution is 2.48. The van der Waals surface area contributed by atoms with Crippen molar-refractivity contribution in [3.63, 3.8) is 0 Å². The van der Waals surface area contributed by atoms with Crippen LogP contribution in [0, 0.1) is 11.6 Å². The number of methoxy groups -OCH3 is 1. The Morgan fingerprint density at radius 1 is 1.43 bits per heavy atom. The molecule has 0 N–H and O–H groups in total. The number of hydrogen-bond donors (Lipinski definition) is 0. The lowest BCUT2D eigenvalue weighted by Crippen LogP contribution is -2.29. The number of benzene rings is 1. The summed E-state index contributed by atoms with van der Waals surface area (Å²) in [6.07, 6.45) is 0. The number of fused-ring (bicyclic) bond motifs is 3. The summed E-state index contributed by atoms with van der Waals surface area (Å²) in [7, 11) is 1.20. The molecule has 0 aliphatic carbocycles. The first-order chi connectivity index (χ1) is 10.9. The molecule has 2 heterocycles. The van der Waals surface area contributed by atoms with Crippen molar-refractivity contribution < 1.29 is 23.0 Å². The molecule has 0 amide bonds. The molecule has 1 aliphatic rings. The van der Waals surface area contributed by atoms with Crippen LogP contribution in [0.5, 0.6) is 5.75 Å². The zero-order chi connectivity index (χ0) is 16.9. The molecule has 1 unspecified atom stereocenters. The van der Waals surface area contributed by atoms with E-state index in [1.165, 1.54) is 18.9 Å². The van der Waals surface area contributed by atoms with Crippen LogP contribution in [-0.2, 0) is 4.74 Å². The molecule has 0 radical (unpaired) electrons. The van der Waals surface area contributed by atoms with E-state index >= 15 is 0 Å². The Morgan fingerprint density at radius 3 is 2.70 bits per heavy atom. The minimum absolute atomic E-state index is 0.108. The highest BCUT2D eigenvalue weighted by atomic mass is 32.2. The molecular formula is C15H13F2NO4S. The molecule has 0 bridgehead atoms. The van der Waals surface area contributed by atoms with Crippen LogP contribution in [0.1, 0.15) is 29.6 Å². The van der Waals surface area contributed by atoms with E-state index in [1.807, 2.05) is 6.92 Å². The minimum atomic E-state index is -1.21. The SMILES string of the molecule is CCOC(=O)c1c2n(c3c(OC)c(F)c(F)cc3c1=O)C(C)S2. The van der Waals surface area contributed by atoms with Crippen LogP contribution < -0.4 is 10.2 Å². The van der Waals surface area contributed by atoms with E-state index in [0.717, 1.165) is 6.07 Å². The third-order valence-corrected chi connectivity index (χ3v) is 4.80. The maximum absolute atomic E-state index is 14.0. The average Bonchev–Trinajstić information content (AvgIpc) is 2.49. The molecule has 1 aromatic carbocycles. The Balaban J connectivity index is 2.47. The van der Waals surface area contributed by atoms with Crippen molar-refractivity contribution in [1.29, 1.82) is 0 Å². The number of pyridine rings is 1. The standard InChI is InChI=1S/C15H13F2NO4S/c1-4-22-15(20)9-12(19)7-5-8(16)10(17)13(21-3)11(7)18-6(2)23-14(9)18/h5-6H,4H2,1-3H3. The van der Waals surface area contributed by atoms with Crippen molar-refractivity contribution in [2.75, 3.05) is 13.7 Å². The molecule has 23 heavy (non-hydrogen) atoms. The number of aromatic nitrogens is 1. The smallest absolute Gasteiger partial charge is 0.344 e. The van der Waals surface area contributed by atoms with Crippen molar-refractivity contribution in [2.45, 2.75) is 24.2 Å². The fourth-order valence-electron chi connectivity index (χ4n) is 2.66. The van der Waals surface area contributed by atoms with Gasteiger partial charge in [-0.2, -0.15) is 4.39 Å². The van der Waals surface area contributed by atoms with E-state index in [4.69, 9.17) is 9.47 Å². The fourth-order valence-corrected chi connectivity index (χ4v) is 3.79. The zero-order valence-electron chi connectivity index (χ0n) is 12.6. The van der Waals surface area contributed by atoms with E-state index in [9.17, 15) is 18.4 Å². The van der Waals surface area contributed by atoms with Crippen LogP contribution in [0.2, 0.25) is 0 Å². The lowest BCUT2D eigenvalue weighted by atomic mass is 10.1. The first-order valence-electron chi connectivity index (χ1n) is 6.90. The van der Waals surface area contributed by atoms with Gasteiger partial charge in [0.15, 0.2) is 11.6 Å². The predicted octanol–water partition coefficient (Wildman–Crippen LogP) is 3.09. The van der Waals surface area contributed by atoms with Gasteiger partial charge < -0.3 is 14.0 Å². The summed E-state index contributed by atoms with van der Waals surface area (Å²) < 4.78 is 39.2. The predicted molar refractivity (Wildman–Crippen MR) is 81.2 cm³/mol. The highest BCUT2D eigenvalue weighted by molar-refractivity contribution is 8.00. The van der Waals surface area contributed by atoms with E-state index in [0.29, 0.717) is 5.03 Å². The number of ether oxygens (including phenoxy) is 2. The molecule has 0 saturated carbocycles. The Bertz CT molecular complexity index is 894. The molecular weight excluding hydrogens is 328 g/mol. The summed E-state index contributed by atoms with van der Waals surface area (Å²) in [5.41, 5.74) is -0.706. The second-order valence-corrected chi connectivity index (χ2v) is 6.22. The molecule has 1 aromatic heterocycles. The molecule has 1 aliphatic heterocycles. The average molecular weight is 341 g/mol. The van der Waals surface area contributed by atoms with Gasteiger partial charge in [-0.15, -0.1) is 0 Å². The monoisotopic (exact) mass is 341 g/mol. The number of nitrogens with zero attached hydrogens (tertiary/aromatic N) is 1. The molecule has 0 spiro atoms. The molecule has 2 aromatic rings. The lowest BCUT2D eigenvalue weighted by molar-refractivity contribution is 0.0518. The Morgan fingerprint density at radius 2 is 2.13 bits per heavy atom. The van der Waals surface area contributed by atoms with Gasteiger partial charge in [0.2, 0.25) is 11.2 Å².